The first-order chi connectivity index (χ1) is 15.7. The molecule has 2 amide bonds. The second kappa shape index (κ2) is 8.96. The zero-order chi connectivity index (χ0) is 23.7. The zero-order valence-corrected chi connectivity index (χ0v) is 18.4. The Bertz CT molecular complexity index is 1270. The van der Waals surface area contributed by atoms with Gasteiger partial charge >= 0.3 is 5.88 Å². The fourth-order valence-electron chi connectivity index (χ4n) is 3.37. The minimum Gasteiger partial charge on any atom is -0.395 e. The molecule has 170 valence electrons. The molecule has 33 heavy (non-hydrogen) atoms. The van der Waals surface area contributed by atoms with Gasteiger partial charge < -0.3 is 25.7 Å². The number of hydrogen-bond acceptors (Lipinski definition) is 7. The van der Waals surface area contributed by atoms with E-state index in [4.69, 9.17) is 22.4 Å². The highest BCUT2D eigenvalue weighted by Gasteiger charge is 2.29. The molecule has 4 N–H and O–H groups in total. The summed E-state index contributed by atoms with van der Waals surface area (Å²) in [5, 5.41) is 17.0. The summed E-state index contributed by atoms with van der Waals surface area (Å²) in [5.41, 5.74) is 7.12. The Kier molecular flexibility index (Phi) is 6.07. The first-order valence-electron chi connectivity index (χ1n) is 9.54. The van der Waals surface area contributed by atoms with E-state index in [0.717, 1.165) is 10.9 Å². The summed E-state index contributed by atoms with van der Waals surface area (Å²) in [6, 6.07) is 8.02. The summed E-state index contributed by atoms with van der Waals surface area (Å²) in [6.07, 6.45) is 0.456. The van der Waals surface area contributed by atoms with Crippen molar-refractivity contribution in [1.29, 1.82) is 0 Å². The van der Waals surface area contributed by atoms with Crippen molar-refractivity contribution in [2.24, 2.45) is 5.73 Å². The smallest absolute Gasteiger partial charge is 0.395 e. The van der Waals surface area contributed by atoms with Crippen LogP contribution in [0.5, 0.6) is 0 Å². The minimum absolute atomic E-state index is 0.196. The average molecular weight is 490 g/mol. The second-order valence-corrected chi connectivity index (χ2v) is 8.52. The van der Waals surface area contributed by atoms with E-state index in [0.29, 0.717) is 35.9 Å². The molecular weight excluding hydrogens is 473 g/mol. The number of primary amides is 1. The number of anilines is 2. The van der Waals surface area contributed by atoms with Gasteiger partial charge in [-0.1, -0.05) is 0 Å². The largest absolute Gasteiger partial charge is 0.433 e. The van der Waals surface area contributed by atoms with Gasteiger partial charge in [0, 0.05) is 17.1 Å². The van der Waals surface area contributed by atoms with Crippen molar-refractivity contribution in [3.8, 4) is 0 Å². The van der Waals surface area contributed by atoms with Crippen LogP contribution in [0.3, 0.4) is 0 Å². The zero-order valence-electron chi connectivity index (χ0n) is 16.8. The molecule has 3 aromatic rings. The number of halogens is 1. The number of carbonyl (C=O) groups excluding carboxylic acids is 2. The third kappa shape index (κ3) is 4.68. The number of carbonyl (C=O) groups is 2. The molecule has 0 fully saturated rings. The third-order valence-electron chi connectivity index (χ3n) is 4.91. The van der Waals surface area contributed by atoms with Gasteiger partial charge in [0.15, 0.2) is 10.9 Å². The van der Waals surface area contributed by atoms with E-state index in [-0.39, 0.29) is 22.1 Å². The number of furan rings is 1. The van der Waals surface area contributed by atoms with Crippen LogP contribution in [0, 0.1) is 15.9 Å². The Hall–Kier alpha value is -3.84. The Morgan fingerprint density at radius 2 is 1.94 bits per heavy atom. The van der Waals surface area contributed by atoms with Gasteiger partial charge in [-0.25, -0.2) is 4.39 Å². The first-order valence-corrected chi connectivity index (χ1v) is 10.8. The van der Waals surface area contributed by atoms with Gasteiger partial charge in [-0.3, -0.25) is 19.7 Å². The van der Waals surface area contributed by atoms with Crippen molar-refractivity contribution < 1.29 is 23.3 Å². The lowest BCUT2D eigenvalue weighted by atomic mass is 10.0. The molecule has 10 nitrogen and oxygen atoms in total. The molecule has 0 atom stereocenters. The van der Waals surface area contributed by atoms with Gasteiger partial charge in [-0.15, -0.1) is 11.3 Å². The fourth-order valence-corrected chi connectivity index (χ4v) is 4.91. The van der Waals surface area contributed by atoms with Gasteiger partial charge in [0.25, 0.3) is 11.8 Å². The number of amides is 2. The number of nitro groups is 1. The number of hydrogen-bond donors (Lipinski definition) is 3. The Balaban J connectivity index is 1.52. The van der Waals surface area contributed by atoms with E-state index in [2.05, 4.69) is 10.6 Å². The predicted molar refractivity (Wildman–Crippen MR) is 123 cm³/mol. The van der Waals surface area contributed by atoms with E-state index < -0.39 is 22.6 Å². The van der Waals surface area contributed by atoms with Crippen LogP contribution in [0.25, 0.3) is 0 Å². The maximum Gasteiger partial charge on any atom is 0.433 e. The topological polar surface area (TPSA) is 144 Å². The SMILES string of the molecule is NC(=O)c1c(NC(=O)c2ccc([N+](=O)[O-])o2)sc2c1CCN(C(=S)Nc1ccc(F)cc1)C2. The Morgan fingerprint density at radius 3 is 2.58 bits per heavy atom. The predicted octanol–water partition coefficient (Wildman–Crippen LogP) is 3.49. The van der Waals surface area contributed by atoms with Crippen LogP contribution < -0.4 is 16.4 Å². The Morgan fingerprint density at radius 1 is 1.21 bits per heavy atom. The van der Waals surface area contributed by atoms with Crippen LogP contribution in [-0.2, 0) is 13.0 Å². The van der Waals surface area contributed by atoms with Crippen molar-refractivity contribution >= 4 is 57.1 Å². The summed E-state index contributed by atoms with van der Waals surface area (Å²) in [5.74, 6) is -2.64. The Labute approximate surface area is 195 Å². The average Bonchev–Trinajstić information content (AvgIpc) is 3.39. The van der Waals surface area contributed by atoms with Crippen molar-refractivity contribution in [1.82, 2.24) is 4.90 Å². The third-order valence-corrected chi connectivity index (χ3v) is 6.40. The van der Waals surface area contributed by atoms with E-state index in [1.807, 2.05) is 4.90 Å². The highest BCUT2D eigenvalue weighted by molar-refractivity contribution is 7.80. The maximum absolute atomic E-state index is 13.1. The molecule has 0 unspecified atom stereocenters. The summed E-state index contributed by atoms with van der Waals surface area (Å²) < 4.78 is 18.0. The molecule has 13 heteroatoms. The van der Waals surface area contributed by atoms with Gasteiger partial charge in [-0.2, -0.15) is 0 Å². The maximum atomic E-state index is 13.1. The number of thiocarbonyl (C=S) groups is 1. The molecule has 1 aliphatic heterocycles. The van der Waals surface area contributed by atoms with Crippen LogP contribution in [0.4, 0.5) is 21.0 Å². The van der Waals surface area contributed by atoms with Crippen molar-refractivity contribution in [3.63, 3.8) is 0 Å². The van der Waals surface area contributed by atoms with Crippen molar-refractivity contribution in [2.75, 3.05) is 17.2 Å². The molecule has 0 aliphatic carbocycles. The van der Waals surface area contributed by atoms with E-state index in [1.54, 1.807) is 12.1 Å². The molecular formula is C20H16FN5O5S2. The lowest BCUT2D eigenvalue weighted by Gasteiger charge is -2.29. The molecule has 0 bridgehead atoms. The summed E-state index contributed by atoms with van der Waals surface area (Å²) in [7, 11) is 0. The van der Waals surface area contributed by atoms with Crippen LogP contribution in [0.2, 0.25) is 0 Å². The number of nitrogens with two attached hydrogens (primary N) is 1. The van der Waals surface area contributed by atoms with Gasteiger partial charge in [0.05, 0.1) is 18.2 Å². The molecule has 4 rings (SSSR count). The molecule has 0 saturated carbocycles. The van der Waals surface area contributed by atoms with Gasteiger partial charge in [-0.05, 0) is 54.5 Å². The summed E-state index contributed by atoms with van der Waals surface area (Å²) >= 11 is 6.63. The fraction of sp³-hybridized carbons (Fsp3) is 0.150. The van der Waals surface area contributed by atoms with Crippen LogP contribution in [0.1, 0.15) is 31.4 Å². The van der Waals surface area contributed by atoms with Crippen LogP contribution in [0.15, 0.2) is 40.8 Å². The lowest BCUT2D eigenvalue weighted by molar-refractivity contribution is -0.402. The van der Waals surface area contributed by atoms with Gasteiger partial charge in [0.1, 0.15) is 15.7 Å². The number of nitrogens with one attached hydrogen (secondary N) is 2. The number of fused-ring (bicyclic) bond motifs is 1. The highest BCUT2D eigenvalue weighted by Crippen LogP contribution is 2.37. The van der Waals surface area contributed by atoms with Gasteiger partial charge in [0.2, 0.25) is 0 Å². The molecule has 0 radical (unpaired) electrons. The highest BCUT2D eigenvalue weighted by atomic mass is 32.1. The minimum atomic E-state index is -0.757. The molecule has 2 aromatic heterocycles. The molecule has 0 spiro atoms. The number of thiophene rings is 1. The molecule has 3 heterocycles. The normalized spacial score (nSPS) is 12.7. The van der Waals surface area contributed by atoms with E-state index in [1.165, 1.54) is 29.5 Å². The number of rotatable bonds is 5. The first kappa shape index (κ1) is 22.4. The number of benzene rings is 1. The molecule has 1 aliphatic rings. The lowest BCUT2D eigenvalue weighted by Crippen LogP contribution is -2.38. The monoisotopic (exact) mass is 489 g/mol. The van der Waals surface area contributed by atoms with Crippen molar-refractivity contribution in [3.05, 3.63) is 74.1 Å². The van der Waals surface area contributed by atoms with Crippen LogP contribution >= 0.6 is 23.6 Å². The summed E-state index contributed by atoms with van der Waals surface area (Å²) in [6.45, 7) is 0.865. The standard InChI is InChI=1S/C20H16FN5O5S2/c21-10-1-3-11(4-2-10)23-20(32)25-8-7-12-14(9-25)33-19(16(12)17(22)27)24-18(28)13-5-6-15(31-13)26(29)30/h1-6H,7-9H2,(H2,22,27)(H,23,32)(H,24,28). The summed E-state index contributed by atoms with van der Waals surface area (Å²) in [4.78, 5) is 37.3. The quantitative estimate of drug-likeness (QED) is 0.281. The van der Waals surface area contributed by atoms with Crippen molar-refractivity contribution in [2.45, 2.75) is 13.0 Å². The number of nitrogens with zero attached hydrogens (tertiary/aromatic N) is 2. The van der Waals surface area contributed by atoms with E-state index in [9.17, 15) is 24.1 Å². The van der Waals surface area contributed by atoms with E-state index >= 15 is 0 Å². The molecule has 0 saturated heterocycles. The second-order valence-electron chi connectivity index (χ2n) is 7.03. The molecule has 1 aromatic carbocycles. The van der Waals surface area contributed by atoms with Crippen LogP contribution in [-0.4, -0.2) is 33.3 Å².